The summed E-state index contributed by atoms with van der Waals surface area (Å²) in [7, 11) is 0. The van der Waals surface area contributed by atoms with Crippen molar-refractivity contribution in [2.45, 2.75) is 26.4 Å². The minimum Gasteiger partial charge on any atom is -0.444 e. The van der Waals surface area contributed by atoms with E-state index in [2.05, 4.69) is 15.3 Å². The molecule has 0 saturated carbocycles. The molecule has 196 valence electrons. The van der Waals surface area contributed by atoms with Crippen molar-refractivity contribution in [1.82, 2.24) is 29.8 Å². The number of fused-ring (bicyclic) bond motifs is 1. The maximum Gasteiger partial charge on any atom is 0.410 e. The van der Waals surface area contributed by atoms with Crippen molar-refractivity contribution in [2.75, 3.05) is 26.2 Å². The zero-order valence-corrected chi connectivity index (χ0v) is 21.3. The van der Waals surface area contributed by atoms with Crippen LogP contribution in [-0.4, -0.2) is 73.6 Å². The highest BCUT2D eigenvalue weighted by atomic mass is 19.1. The molecule has 3 heterocycles. The van der Waals surface area contributed by atoms with Gasteiger partial charge in [-0.15, -0.1) is 5.10 Å². The van der Waals surface area contributed by atoms with Crippen LogP contribution < -0.4 is 5.56 Å². The maximum absolute atomic E-state index is 13.6. The molecule has 1 fully saturated rings. The summed E-state index contributed by atoms with van der Waals surface area (Å²) in [6.45, 7) is 7.09. The summed E-state index contributed by atoms with van der Waals surface area (Å²) >= 11 is 0. The second-order valence-electron chi connectivity index (χ2n) is 10.1. The summed E-state index contributed by atoms with van der Waals surface area (Å²) in [4.78, 5) is 43.9. The molecule has 2 amide bonds. The van der Waals surface area contributed by atoms with Crippen LogP contribution in [0.15, 0.2) is 59.5 Å². The largest absolute Gasteiger partial charge is 0.444 e. The number of carbonyl (C=O) groups is 2. The SMILES string of the molecule is CC(C)(C)OC(=O)N1CCN(C(=O)c2ccc(-n3cc(-c4cc5cc(F)ccc5[nH]c4=O)nn3)cc2)CC1. The van der Waals surface area contributed by atoms with Crippen molar-refractivity contribution in [3.05, 3.63) is 76.5 Å². The van der Waals surface area contributed by atoms with Gasteiger partial charge in [0.25, 0.3) is 11.5 Å². The molecule has 1 N–H and O–H groups in total. The van der Waals surface area contributed by atoms with E-state index < -0.39 is 11.4 Å². The molecule has 5 rings (SSSR count). The normalized spacial score (nSPS) is 14.1. The third-order valence-electron chi connectivity index (χ3n) is 6.17. The summed E-state index contributed by atoms with van der Waals surface area (Å²) in [6, 6.07) is 12.6. The zero-order valence-electron chi connectivity index (χ0n) is 21.3. The molecule has 0 atom stereocenters. The number of H-pyrrole nitrogens is 1. The Morgan fingerprint density at radius 3 is 2.34 bits per heavy atom. The fourth-order valence-corrected chi connectivity index (χ4v) is 4.24. The molecule has 38 heavy (non-hydrogen) atoms. The lowest BCUT2D eigenvalue weighted by atomic mass is 10.1. The Morgan fingerprint density at radius 1 is 0.974 bits per heavy atom. The van der Waals surface area contributed by atoms with Crippen LogP contribution in [0, 0.1) is 5.82 Å². The van der Waals surface area contributed by atoms with Gasteiger partial charge in [0, 0.05) is 42.6 Å². The first-order valence-corrected chi connectivity index (χ1v) is 12.2. The minimum atomic E-state index is -0.568. The maximum atomic E-state index is 13.6. The Balaban J connectivity index is 1.27. The molecule has 2 aromatic carbocycles. The summed E-state index contributed by atoms with van der Waals surface area (Å²) in [5.41, 5.74) is 1.36. The lowest BCUT2D eigenvalue weighted by molar-refractivity contribution is 0.0141. The molecule has 0 aliphatic carbocycles. The molecular weight excluding hydrogens is 491 g/mol. The smallest absolute Gasteiger partial charge is 0.410 e. The molecule has 4 aromatic rings. The van der Waals surface area contributed by atoms with Crippen LogP contribution in [0.3, 0.4) is 0 Å². The van der Waals surface area contributed by atoms with Gasteiger partial charge in [0.15, 0.2) is 0 Å². The first-order chi connectivity index (χ1) is 18.1. The van der Waals surface area contributed by atoms with Gasteiger partial charge in [0.05, 0.1) is 17.4 Å². The van der Waals surface area contributed by atoms with Gasteiger partial charge in [-0.1, -0.05) is 5.21 Å². The van der Waals surface area contributed by atoms with Crippen LogP contribution in [0.25, 0.3) is 27.8 Å². The van der Waals surface area contributed by atoms with E-state index in [0.717, 1.165) is 0 Å². The molecule has 0 spiro atoms. The van der Waals surface area contributed by atoms with Crippen molar-refractivity contribution in [1.29, 1.82) is 0 Å². The Hall–Kier alpha value is -4.54. The van der Waals surface area contributed by atoms with E-state index in [0.29, 0.717) is 54.0 Å². The first-order valence-electron chi connectivity index (χ1n) is 12.2. The zero-order chi connectivity index (χ0) is 27.0. The van der Waals surface area contributed by atoms with E-state index in [-0.39, 0.29) is 23.1 Å². The minimum absolute atomic E-state index is 0.130. The number of rotatable bonds is 3. The van der Waals surface area contributed by atoms with E-state index >= 15 is 0 Å². The lowest BCUT2D eigenvalue weighted by Gasteiger charge is -2.35. The van der Waals surface area contributed by atoms with Gasteiger partial charge in [-0.2, -0.15) is 0 Å². The Morgan fingerprint density at radius 2 is 1.66 bits per heavy atom. The number of aromatic nitrogens is 4. The fraction of sp³-hybridized carbons (Fsp3) is 0.296. The van der Waals surface area contributed by atoms with Crippen LogP contribution >= 0.6 is 0 Å². The van der Waals surface area contributed by atoms with Crippen molar-refractivity contribution < 1.29 is 18.7 Å². The highest BCUT2D eigenvalue weighted by Crippen LogP contribution is 2.20. The molecule has 0 bridgehead atoms. The van der Waals surface area contributed by atoms with Crippen molar-refractivity contribution >= 4 is 22.9 Å². The van der Waals surface area contributed by atoms with E-state index in [1.807, 2.05) is 20.8 Å². The highest BCUT2D eigenvalue weighted by Gasteiger charge is 2.28. The first kappa shape index (κ1) is 25.1. The molecule has 1 aliphatic heterocycles. The van der Waals surface area contributed by atoms with E-state index in [4.69, 9.17) is 4.74 Å². The standard InChI is InChI=1S/C27H27FN6O4/c1-27(2,3)38-26(37)33-12-10-32(11-13-33)25(36)17-4-7-20(8-5-17)34-16-23(30-31-34)21-15-18-14-19(28)6-9-22(18)29-24(21)35/h4-9,14-16H,10-13H2,1-3H3,(H,29,35). The number of piperazine rings is 1. The quantitative estimate of drug-likeness (QED) is 0.443. The van der Waals surface area contributed by atoms with Crippen LogP contribution in [0.5, 0.6) is 0 Å². The Bertz CT molecular complexity index is 1560. The number of amides is 2. The molecular formula is C27H27FN6O4. The van der Waals surface area contributed by atoms with Crippen molar-refractivity contribution in [3.63, 3.8) is 0 Å². The molecule has 1 saturated heterocycles. The fourth-order valence-electron chi connectivity index (χ4n) is 4.24. The van der Waals surface area contributed by atoms with E-state index in [9.17, 15) is 18.8 Å². The third-order valence-corrected chi connectivity index (χ3v) is 6.17. The van der Waals surface area contributed by atoms with Crippen molar-refractivity contribution in [3.8, 4) is 16.9 Å². The van der Waals surface area contributed by atoms with Gasteiger partial charge >= 0.3 is 6.09 Å². The Kier molecular flexibility index (Phi) is 6.43. The lowest BCUT2D eigenvalue weighted by Crippen LogP contribution is -2.51. The van der Waals surface area contributed by atoms with Crippen LogP contribution in [0.2, 0.25) is 0 Å². The number of ether oxygens (including phenoxy) is 1. The van der Waals surface area contributed by atoms with Gasteiger partial charge in [-0.05, 0) is 69.3 Å². The van der Waals surface area contributed by atoms with Crippen LogP contribution in [0.1, 0.15) is 31.1 Å². The molecule has 10 nitrogen and oxygen atoms in total. The summed E-state index contributed by atoms with van der Waals surface area (Å²) in [6.07, 6.45) is 1.22. The van der Waals surface area contributed by atoms with Crippen LogP contribution in [0.4, 0.5) is 9.18 Å². The van der Waals surface area contributed by atoms with Gasteiger partial charge < -0.3 is 19.5 Å². The third kappa shape index (κ3) is 5.26. The van der Waals surface area contributed by atoms with Gasteiger partial charge in [-0.3, -0.25) is 9.59 Å². The summed E-state index contributed by atoms with van der Waals surface area (Å²) < 4.78 is 20.5. The summed E-state index contributed by atoms with van der Waals surface area (Å²) in [5, 5.41) is 8.77. The van der Waals surface area contributed by atoms with E-state index in [1.54, 1.807) is 46.3 Å². The topological polar surface area (TPSA) is 113 Å². The van der Waals surface area contributed by atoms with Gasteiger partial charge in [0.1, 0.15) is 17.1 Å². The van der Waals surface area contributed by atoms with E-state index in [1.165, 1.54) is 22.9 Å². The van der Waals surface area contributed by atoms with Gasteiger partial charge in [0.2, 0.25) is 0 Å². The number of benzene rings is 2. The second-order valence-corrected chi connectivity index (χ2v) is 10.1. The number of aromatic amines is 1. The average molecular weight is 519 g/mol. The molecule has 11 heteroatoms. The van der Waals surface area contributed by atoms with Gasteiger partial charge in [-0.25, -0.2) is 13.9 Å². The predicted octanol–water partition coefficient (Wildman–Crippen LogP) is 3.61. The number of carbonyl (C=O) groups excluding carboxylic acids is 2. The average Bonchev–Trinajstić information content (AvgIpc) is 3.37. The highest BCUT2D eigenvalue weighted by molar-refractivity contribution is 5.94. The molecule has 2 aromatic heterocycles. The van der Waals surface area contributed by atoms with Crippen molar-refractivity contribution in [2.24, 2.45) is 0 Å². The summed E-state index contributed by atoms with van der Waals surface area (Å²) in [5.74, 6) is -0.534. The molecule has 0 radical (unpaired) electrons. The molecule has 1 aliphatic rings. The predicted molar refractivity (Wildman–Crippen MR) is 139 cm³/mol. The number of hydrogen-bond acceptors (Lipinski definition) is 6. The number of nitrogens with zero attached hydrogens (tertiary/aromatic N) is 5. The number of nitrogens with one attached hydrogen (secondary N) is 1. The molecule has 0 unspecified atom stereocenters. The monoisotopic (exact) mass is 518 g/mol. The number of pyridine rings is 1. The number of halogens is 1. The second kappa shape index (κ2) is 9.73. The number of hydrogen-bond donors (Lipinski definition) is 1. The Labute approximate surface area is 217 Å². The van der Waals surface area contributed by atoms with Crippen LogP contribution in [-0.2, 0) is 4.74 Å².